The Balaban J connectivity index is 1.79. The van der Waals surface area contributed by atoms with Crippen LogP contribution in [0.3, 0.4) is 0 Å². The molecule has 0 aliphatic carbocycles. The number of hydrogen-bond acceptors (Lipinski definition) is 7. The van der Waals surface area contributed by atoms with Gasteiger partial charge in [-0.3, -0.25) is 4.79 Å². The summed E-state index contributed by atoms with van der Waals surface area (Å²) in [5.41, 5.74) is 2.55. The van der Waals surface area contributed by atoms with E-state index in [-0.39, 0.29) is 23.0 Å². The standard InChI is InChI=1S/C22H23ClO7/c1-2-11-3-5-12(6-4-11)18(25)17-13-10-29-22(14(13)7-8-15(17)23)21(28)20(27)19(26)16(9-24)30-22/h3-8,16,19-21,24,26-28H,2,9-10H2,1H3/t16-,19-,20+,21-,22+/m1/s1. The summed E-state index contributed by atoms with van der Waals surface area (Å²) in [6.07, 6.45) is -5.07. The summed E-state index contributed by atoms with van der Waals surface area (Å²) in [6, 6.07) is 10.3. The van der Waals surface area contributed by atoms with E-state index in [0.717, 1.165) is 12.0 Å². The van der Waals surface area contributed by atoms with Crippen molar-refractivity contribution >= 4 is 17.4 Å². The summed E-state index contributed by atoms with van der Waals surface area (Å²) in [5.74, 6) is -2.13. The van der Waals surface area contributed by atoms with Gasteiger partial charge in [-0.05, 0) is 23.6 Å². The lowest BCUT2D eigenvalue weighted by molar-refractivity contribution is -0.368. The lowest BCUT2D eigenvalue weighted by Crippen LogP contribution is -2.63. The molecule has 0 bridgehead atoms. The summed E-state index contributed by atoms with van der Waals surface area (Å²) >= 11 is 6.37. The molecule has 7 nitrogen and oxygen atoms in total. The third-order valence-electron chi connectivity index (χ3n) is 5.87. The minimum atomic E-state index is -1.83. The first-order valence-corrected chi connectivity index (χ1v) is 10.1. The molecule has 2 aliphatic rings. The number of rotatable bonds is 4. The number of halogens is 1. The molecular weight excluding hydrogens is 412 g/mol. The first-order chi connectivity index (χ1) is 14.3. The number of ketones is 1. The molecule has 2 aromatic carbocycles. The van der Waals surface area contributed by atoms with Gasteiger partial charge in [-0.2, -0.15) is 0 Å². The van der Waals surface area contributed by atoms with Gasteiger partial charge in [0.25, 0.3) is 0 Å². The van der Waals surface area contributed by atoms with Gasteiger partial charge in [0.2, 0.25) is 5.79 Å². The van der Waals surface area contributed by atoms with Crippen LogP contribution < -0.4 is 0 Å². The molecule has 0 aromatic heterocycles. The maximum Gasteiger partial charge on any atom is 0.225 e. The molecule has 4 rings (SSSR count). The third kappa shape index (κ3) is 3.18. The smallest absolute Gasteiger partial charge is 0.225 e. The number of aliphatic hydroxyl groups is 4. The third-order valence-corrected chi connectivity index (χ3v) is 6.18. The van der Waals surface area contributed by atoms with Crippen molar-refractivity contribution in [2.45, 2.75) is 50.2 Å². The van der Waals surface area contributed by atoms with E-state index in [0.29, 0.717) is 16.7 Å². The molecule has 0 unspecified atom stereocenters. The second kappa shape index (κ2) is 8.01. The van der Waals surface area contributed by atoms with Crippen LogP contribution >= 0.6 is 11.6 Å². The zero-order chi connectivity index (χ0) is 21.6. The number of carbonyl (C=O) groups excluding carboxylic acids is 1. The normalized spacial score (nSPS) is 30.5. The highest BCUT2D eigenvalue weighted by molar-refractivity contribution is 6.35. The molecule has 0 radical (unpaired) electrons. The summed E-state index contributed by atoms with van der Waals surface area (Å²) < 4.78 is 11.5. The van der Waals surface area contributed by atoms with Crippen molar-refractivity contribution in [3.8, 4) is 0 Å². The molecule has 1 fully saturated rings. The molecular formula is C22H23ClO7. The SMILES string of the molecule is CCc1ccc(C(=O)c2c(Cl)ccc3c2CO[C@]32O[C@H](CO)[C@@H](O)[C@H](O)[C@H]2O)cc1. The Labute approximate surface area is 178 Å². The fourth-order valence-electron chi connectivity index (χ4n) is 4.12. The van der Waals surface area contributed by atoms with Crippen molar-refractivity contribution in [2.75, 3.05) is 6.61 Å². The first kappa shape index (κ1) is 21.4. The Morgan fingerprint density at radius 1 is 1.13 bits per heavy atom. The largest absolute Gasteiger partial charge is 0.394 e. The van der Waals surface area contributed by atoms with Crippen LogP contribution in [0.1, 0.15) is 39.5 Å². The van der Waals surface area contributed by atoms with Gasteiger partial charge in [0, 0.05) is 16.7 Å². The fraction of sp³-hybridized carbons (Fsp3) is 0.409. The van der Waals surface area contributed by atoms with E-state index in [1.165, 1.54) is 6.07 Å². The molecule has 5 atom stereocenters. The van der Waals surface area contributed by atoms with Gasteiger partial charge in [0.15, 0.2) is 5.78 Å². The van der Waals surface area contributed by atoms with Crippen LogP contribution in [0.25, 0.3) is 0 Å². The van der Waals surface area contributed by atoms with Crippen molar-refractivity contribution in [1.29, 1.82) is 0 Å². The van der Waals surface area contributed by atoms with Crippen LogP contribution in [0.5, 0.6) is 0 Å². The van der Waals surface area contributed by atoms with E-state index in [1.807, 2.05) is 19.1 Å². The number of fused-ring (bicyclic) bond motifs is 2. The van der Waals surface area contributed by atoms with Crippen molar-refractivity contribution in [3.63, 3.8) is 0 Å². The average molecular weight is 435 g/mol. The molecule has 1 saturated heterocycles. The highest BCUT2D eigenvalue weighted by atomic mass is 35.5. The van der Waals surface area contributed by atoms with Crippen LogP contribution in [0, 0.1) is 0 Å². The Bertz CT molecular complexity index is 959. The van der Waals surface area contributed by atoms with Crippen LogP contribution in [0.15, 0.2) is 36.4 Å². The van der Waals surface area contributed by atoms with Crippen molar-refractivity contribution < 1.29 is 34.7 Å². The molecule has 1 spiro atoms. The van der Waals surface area contributed by atoms with Crippen molar-refractivity contribution in [1.82, 2.24) is 0 Å². The Morgan fingerprint density at radius 3 is 2.47 bits per heavy atom. The second-order valence-electron chi connectivity index (χ2n) is 7.55. The average Bonchev–Trinajstić information content (AvgIpc) is 3.13. The van der Waals surface area contributed by atoms with E-state index >= 15 is 0 Å². The van der Waals surface area contributed by atoms with Gasteiger partial charge >= 0.3 is 0 Å². The summed E-state index contributed by atoms with van der Waals surface area (Å²) in [4.78, 5) is 13.2. The molecule has 2 aromatic rings. The van der Waals surface area contributed by atoms with Crippen molar-refractivity contribution in [2.24, 2.45) is 0 Å². The van der Waals surface area contributed by atoms with Gasteiger partial charge in [0.05, 0.1) is 18.2 Å². The summed E-state index contributed by atoms with van der Waals surface area (Å²) in [7, 11) is 0. The highest BCUT2D eigenvalue weighted by Gasteiger charge is 2.58. The maximum absolute atomic E-state index is 13.2. The highest BCUT2D eigenvalue weighted by Crippen LogP contribution is 2.48. The molecule has 160 valence electrons. The monoisotopic (exact) mass is 434 g/mol. The van der Waals surface area contributed by atoms with Gasteiger partial charge in [-0.25, -0.2) is 0 Å². The second-order valence-corrected chi connectivity index (χ2v) is 7.96. The molecule has 8 heteroatoms. The first-order valence-electron chi connectivity index (χ1n) is 9.76. The van der Waals surface area contributed by atoms with E-state index in [1.54, 1.807) is 18.2 Å². The lowest BCUT2D eigenvalue weighted by atomic mass is 9.85. The minimum Gasteiger partial charge on any atom is -0.394 e. The zero-order valence-electron chi connectivity index (χ0n) is 16.3. The number of carbonyl (C=O) groups is 1. The predicted molar refractivity (Wildman–Crippen MR) is 107 cm³/mol. The Kier molecular flexibility index (Phi) is 5.71. The summed E-state index contributed by atoms with van der Waals surface area (Å²) in [6.45, 7) is 1.34. The molecule has 2 aliphatic heterocycles. The van der Waals surface area contributed by atoms with E-state index < -0.39 is 36.8 Å². The Hall–Kier alpha value is -1.84. The van der Waals surface area contributed by atoms with E-state index in [9.17, 15) is 25.2 Å². The minimum absolute atomic E-state index is 0.0952. The molecule has 0 amide bonds. The lowest BCUT2D eigenvalue weighted by Gasteiger charge is -2.46. The number of hydrogen-bond donors (Lipinski definition) is 4. The fourth-order valence-corrected chi connectivity index (χ4v) is 4.38. The van der Waals surface area contributed by atoms with Gasteiger partial charge in [0.1, 0.15) is 24.4 Å². The quantitative estimate of drug-likeness (QED) is 0.536. The topological polar surface area (TPSA) is 116 Å². The number of aryl methyl sites for hydroxylation is 1. The van der Waals surface area contributed by atoms with Crippen LogP contribution in [0.2, 0.25) is 5.02 Å². The van der Waals surface area contributed by atoms with E-state index in [2.05, 4.69) is 0 Å². The van der Waals surface area contributed by atoms with Crippen LogP contribution in [-0.4, -0.2) is 57.2 Å². The van der Waals surface area contributed by atoms with Crippen molar-refractivity contribution in [3.05, 3.63) is 69.2 Å². The summed E-state index contributed by atoms with van der Waals surface area (Å²) in [5, 5.41) is 40.8. The number of ether oxygens (including phenoxy) is 2. The molecule has 30 heavy (non-hydrogen) atoms. The number of benzene rings is 2. The maximum atomic E-state index is 13.2. The van der Waals surface area contributed by atoms with Gasteiger partial charge in [-0.1, -0.05) is 48.9 Å². The van der Waals surface area contributed by atoms with Crippen LogP contribution in [0.4, 0.5) is 0 Å². The van der Waals surface area contributed by atoms with Crippen LogP contribution in [-0.2, 0) is 28.3 Å². The Morgan fingerprint density at radius 2 is 1.83 bits per heavy atom. The predicted octanol–water partition coefficient (Wildman–Crippen LogP) is 1.29. The van der Waals surface area contributed by atoms with Gasteiger partial charge in [-0.15, -0.1) is 0 Å². The van der Waals surface area contributed by atoms with E-state index in [4.69, 9.17) is 21.1 Å². The zero-order valence-corrected chi connectivity index (χ0v) is 17.0. The molecule has 4 N–H and O–H groups in total. The number of aliphatic hydroxyl groups excluding tert-OH is 4. The molecule has 2 heterocycles. The molecule has 0 saturated carbocycles. The van der Waals surface area contributed by atoms with Gasteiger partial charge < -0.3 is 29.9 Å².